The lowest BCUT2D eigenvalue weighted by Gasteiger charge is -2.34. The maximum atomic E-state index is 13.3. The molecule has 1 saturated carbocycles. The Morgan fingerprint density at radius 1 is 1.02 bits per heavy atom. The topological polar surface area (TPSA) is 107 Å². The summed E-state index contributed by atoms with van der Waals surface area (Å²) in [5.41, 5.74) is 2.96. The highest BCUT2D eigenvalue weighted by molar-refractivity contribution is 5.97. The summed E-state index contributed by atoms with van der Waals surface area (Å²) in [6.07, 6.45) is 9.63. The van der Waals surface area contributed by atoms with Gasteiger partial charge < -0.3 is 19.7 Å². The molecule has 43 heavy (non-hydrogen) atoms. The fourth-order valence-corrected chi connectivity index (χ4v) is 6.26. The number of nitrogens with zero attached hydrogens (tertiary/aromatic N) is 4. The largest absolute Gasteiger partial charge is 0.444 e. The smallest absolute Gasteiger partial charge is 0.410 e. The standard InChI is InChI=1S/C34H39N5O4/c1-22-28-21-37-30(38-31(40)29-18-34(29)11-13-39(14-12-34)32(41)43-33(2,3)4)17-27(28)25(20-35-22)6-8-26-7-5-24(19-36-26)23-9-15-42-16-10-23/h5,7,17,19-21,23,29H,9-16,18H2,1-4H3,(H,37,38,40). The molecule has 3 fully saturated rings. The van der Waals surface area contributed by atoms with Crippen LogP contribution in [0.15, 0.2) is 36.8 Å². The molecular weight excluding hydrogens is 542 g/mol. The molecule has 3 aromatic heterocycles. The van der Waals surface area contributed by atoms with Crippen LogP contribution in [0.4, 0.5) is 10.6 Å². The van der Waals surface area contributed by atoms with Gasteiger partial charge in [0.15, 0.2) is 0 Å². The minimum atomic E-state index is -0.520. The van der Waals surface area contributed by atoms with Gasteiger partial charge in [0.05, 0.1) is 5.56 Å². The zero-order valence-corrected chi connectivity index (χ0v) is 25.4. The molecule has 1 N–H and O–H groups in total. The number of nitrogens with one attached hydrogen (secondary N) is 1. The van der Waals surface area contributed by atoms with Gasteiger partial charge in [-0.25, -0.2) is 14.8 Å². The highest BCUT2D eigenvalue weighted by atomic mass is 16.6. The van der Waals surface area contributed by atoms with E-state index < -0.39 is 5.60 Å². The van der Waals surface area contributed by atoms with Crippen LogP contribution in [-0.2, 0) is 14.3 Å². The lowest BCUT2D eigenvalue weighted by molar-refractivity contribution is -0.118. The van der Waals surface area contributed by atoms with E-state index in [4.69, 9.17) is 9.47 Å². The third-order valence-corrected chi connectivity index (χ3v) is 8.94. The number of hydrogen-bond donors (Lipinski definition) is 1. The predicted molar refractivity (Wildman–Crippen MR) is 163 cm³/mol. The highest BCUT2D eigenvalue weighted by Crippen LogP contribution is 2.59. The first-order valence-corrected chi connectivity index (χ1v) is 15.2. The van der Waals surface area contributed by atoms with Gasteiger partial charge >= 0.3 is 6.09 Å². The summed E-state index contributed by atoms with van der Waals surface area (Å²) in [6.45, 7) is 10.4. The monoisotopic (exact) mass is 581 g/mol. The molecule has 9 nitrogen and oxygen atoms in total. The number of pyridine rings is 3. The Balaban J connectivity index is 1.12. The zero-order valence-electron chi connectivity index (χ0n) is 25.4. The lowest BCUT2D eigenvalue weighted by atomic mass is 9.91. The van der Waals surface area contributed by atoms with Gasteiger partial charge in [0.25, 0.3) is 0 Å². The summed E-state index contributed by atoms with van der Waals surface area (Å²) in [7, 11) is 0. The molecule has 0 bridgehead atoms. The molecule has 1 aliphatic carbocycles. The van der Waals surface area contributed by atoms with E-state index in [0.29, 0.717) is 30.5 Å². The van der Waals surface area contributed by atoms with Gasteiger partial charge in [0.1, 0.15) is 17.1 Å². The van der Waals surface area contributed by atoms with Crippen molar-refractivity contribution in [3.05, 3.63) is 59.3 Å². The summed E-state index contributed by atoms with van der Waals surface area (Å²) >= 11 is 0. The van der Waals surface area contributed by atoms with Crippen LogP contribution in [0.3, 0.4) is 0 Å². The first kappa shape index (κ1) is 29.1. The summed E-state index contributed by atoms with van der Waals surface area (Å²) < 4.78 is 11.0. The van der Waals surface area contributed by atoms with Crippen molar-refractivity contribution >= 4 is 28.6 Å². The molecule has 1 atom stereocenters. The van der Waals surface area contributed by atoms with Gasteiger partial charge in [-0.3, -0.25) is 9.78 Å². The second-order valence-corrected chi connectivity index (χ2v) is 13.1. The van der Waals surface area contributed by atoms with E-state index in [1.807, 2.05) is 46.0 Å². The van der Waals surface area contributed by atoms with E-state index in [2.05, 4.69) is 38.2 Å². The summed E-state index contributed by atoms with van der Waals surface area (Å²) in [5, 5.41) is 4.83. The highest BCUT2D eigenvalue weighted by Gasteiger charge is 2.59. The van der Waals surface area contributed by atoms with E-state index in [1.54, 1.807) is 17.3 Å². The molecule has 5 heterocycles. The van der Waals surface area contributed by atoms with Crippen molar-refractivity contribution in [3.8, 4) is 11.8 Å². The Labute approximate surface area is 252 Å². The minimum Gasteiger partial charge on any atom is -0.444 e. The molecule has 1 spiro atoms. The summed E-state index contributed by atoms with van der Waals surface area (Å²) in [4.78, 5) is 41.1. The lowest BCUT2D eigenvalue weighted by Crippen LogP contribution is -2.43. The van der Waals surface area contributed by atoms with Crippen LogP contribution in [0.5, 0.6) is 0 Å². The van der Waals surface area contributed by atoms with Gasteiger partial charge in [-0.05, 0) is 94.7 Å². The van der Waals surface area contributed by atoms with Crippen LogP contribution < -0.4 is 5.32 Å². The molecule has 9 heteroatoms. The Bertz CT molecular complexity index is 1590. The van der Waals surface area contributed by atoms with Gasteiger partial charge in [0, 0.05) is 67.3 Å². The van der Waals surface area contributed by atoms with Crippen LogP contribution in [0.2, 0.25) is 0 Å². The average Bonchev–Trinajstić information content (AvgIpc) is 3.70. The molecule has 2 saturated heterocycles. The van der Waals surface area contributed by atoms with Crippen LogP contribution in [0.1, 0.15) is 81.3 Å². The second-order valence-electron chi connectivity index (χ2n) is 13.1. The molecule has 1 unspecified atom stereocenters. The molecule has 2 aliphatic heterocycles. The number of likely N-dealkylation sites (tertiary alicyclic amines) is 1. The van der Waals surface area contributed by atoms with Crippen molar-refractivity contribution < 1.29 is 19.1 Å². The first-order valence-electron chi connectivity index (χ1n) is 15.2. The van der Waals surface area contributed by atoms with E-state index in [0.717, 1.165) is 67.3 Å². The number of fused-ring (bicyclic) bond motifs is 1. The normalized spacial score (nSPS) is 19.9. The van der Waals surface area contributed by atoms with Gasteiger partial charge in [-0.2, -0.15) is 0 Å². The Hall–Kier alpha value is -4.03. The van der Waals surface area contributed by atoms with Crippen LogP contribution in [-0.4, -0.2) is 63.8 Å². The number of hydrogen-bond acceptors (Lipinski definition) is 7. The number of anilines is 1. The molecule has 3 aliphatic rings. The number of carbonyl (C=O) groups is 2. The van der Waals surface area contributed by atoms with E-state index >= 15 is 0 Å². The fourth-order valence-electron chi connectivity index (χ4n) is 6.26. The zero-order chi connectivity index (χ0) is 30.2. The Morgan fingerprint density at radius 3 is 2.49 bits per heavy atom. The van der Waals surface area contributed by atoms with E-state index in [9.17, 15) is 9.59 Å². The van der Waals surface area contributed by atoms with Gasteiger partial charge in [-0.1, -0.05) is 12.0 Å². The number of rotatable bonds is 3. The van der Waals surface area contributed by atoms with Crippen LogP contribution >= 0.6 is 0 Å². The molecule has 3 aromatic rings. The van der Waals surface area contributed by atoms with Gasteiger partial charge in [-0.15, -0.1) is 0 Å². The van der Waals surface area contributed by atoms with Crippen molar-refractivity contribution in [3.63, 3.8) is 0 Å². The number of aryl methyl sites for hydroxylation is 1. The third kappa shape index (κ3) is 6.50. The number of amides is 2. The minimum absolute atomic E-state index is 0.0233. The molecule has 224 valence electrons. The Kier molecular flexibility index (Phi) is 7.82. The Morgan fingerprint density at radius 2 is 1.79 bits per heavy atom. The molecule has 0 aromatic carbocycles. The van der Waals surface area contributed by atoms with Crippen LogP contribution in [0.25, 0.3) is 10.8 Å². The van der Waals surface area contributed by atoms with Crippen molar-refractivity contribution in [2.45, 2.75) is 71.3 Å². The van der Waals surface area contributed by atoms with Gasteiger partial charge in [0.2, 0.25) is 5.91 Å². The molecule has 6 rings (SSSR count). The quantitative estimate of drug-likeness (QED) is 0.401. The third-order valence-electron chi connectivity index (χ3n) is 8.94. The maximum Gasteiger partial charge on any atom is 0.410 e. The number of carbonyl (C=O) groups excluding carboxylic acids is 2. The molecule has 0 radical (unpaired) electrons. The SMILES string of the molecule is Cc1ncc(C#Cc2ccc(C3CCOCC3)cn2)c2cc(NC(=O)C3CC34CCN(C(=O)OC(C)(C)C)CC4)ncc12. The molecule has 2 amide bonds. The number of ether oxygens (including phenoxy) is 2. The van der Waals surface area contributed by atoms with Crippen LogP contribution in [0, 0.1) is 30.1 Å². The van der Waals surface area contributed by atoms with Crippen molar-refractivity contribution in [1.29, 1.82) is 0 Å². The number of piperidine rings is 1. The summed E-state index contributed by atoms with van der Waals surface area (Å²) in [5.74, 6) is 7.31. The second kappa shape index (κ2) is 11.6. The van der Waals surface area contributed by atoms with Crippen molar-refractivity contribution in [2.75, 3.05) is 31.6 Å². The van der Waals surface area contributed by atoms with E-state index in [-0.39, 0.29) is 23.3 Å². The summed E-state index contributed by atoms with van der Waals surface area (Å²) in [6, 6.07) is 5.97. The fraction of sp³-hybridized carbons (Fsp3) is 0.500. The predicted octanol–water partition coefficient (Wildman–Crippen LogP) is 5.60. The maximum absolute atomic E-state index is 13.3. The van der Waals surface area contributed by atoms with E-state index in [1.165, 1.54) is 5.56 Å². The first-order chi connectivity index (χ1) is 20.6. The van der Waals surface area contributed by atoms with Crippen molar-refractivity contribution in [1.82, 2.24) is 19.9 Å². The number of aromatic nitrogens is 3. The van der Waals surface area contributed by atoms with Crippen molar-refractivity contribution in [2.24, 2.45) is 11.3 Å². The molecular formula is C34H39N5O4. The average molecular weight is 582 g/mol.